The number of methoxy groups -OCH3 is 2. The van der Waals surface area contributed by atoms with E-state index in [4.69, 9.17) is 9.47 Å². The minimum atomic E-state index is -0.246. The van der Waals surface area contributed by atoms with Crippen molar-refractivity contribution in [2.75, 3.05) is 27.3 Å². The van der Waals surface area contributed by atoms with Crippen molar-refractivity contribution in [3.05, 3.63) is 64.7 Å². The van der Waals surface area contributed by atoms with Crippen molar-refractivity contribution in [2.45, 2.75) is 32.2 Å². The first-order valence-electron chi connectivity index (χ1n) is 9.66. The predicted molar refractivity (Wildman–Crippen MR) is 105 cm³/mol. The number of ether oxygens (including phenoxy) is 2. The molecule has 1 atom stereocenters. The van der Waals surface area contributed by atoms with Gasteiger partial charge in [0.1, 0.15) is 5.75 Å². The molecule has 1 heterocycles. The van der Waals surface area contributed by atoms with Gasteiger partial charge in [-0.2, -0.15) is 0 Å². The van der Waals surface area contributed by atoms with Gasteiger partial charge in [-0.25, -0.2) is 4.79 Å². The molecule has 142 valence electrons. The van der Waals surface area contributed by atoms with Crippen molar-refractivity contribution in [1.82, 2.24) is 4.90 Å². The summed E-state index contributed by atoms with van der Waals surface area (Å²) in [5, 5.41) is 0. The van der Waals surface area contributed by atoms with Crippen LogP contribution in [0.2, 0.25) is 0 Å². The highest BCUT2D eigenvalue weighted by Crippen LogP contribution is 2.43. The monoisotopic (exact) mass is 365 g/mol. The smallest absolute Gasteiger partial charge is 0.337 e. The molecule has 4 nitrogen and oxygen atoms in total. The first kappa shape index (κ1) is 18.1. The van der Waals surface area contributed by atoms with Crippen molar-refractivity contribution in [2.24, 2.45) is 5.41 Å². The Hall–Kier alpha value is -2.33. The highest BCUT2D eigenvalue weighted by molar-refractivity contribution is 5.89. The molecule has 1 unspecified atom stereocenters. The zero-order chi connectivity index (χ0) is 18.9. The van der Waals surface area contributed by atoms with Gasteiger partial charge in [0.25, 0.3) is 0 Å². The Morgan fingerprint density at radius 3 is 2.63 bits per heavy atom. The molecule has 1 fully saturated rings. The third kappa shape index (κ3) is 3.72. The standard InChI is InChI=1S/C23H27NO3/c1-26-21-7-3-17(4-8-21)15-24-12-11-23(16-24)10-9-18-13-19(22(25)27-2)5-6-20(18)14-23/h3-8,13H,9-12,14-16H2,1-2H3. The van der Waals surface area contributed by atoms with Gasteiger partial charge in [0.2, 0.25) is 0 Å². The summed E-state index contributed by atoms with van der Waals surface area (Å²) in [6, 6.07) is 14.5. The number of rotatable bonds is 4. The Morgan fingerprint density at radius 1 is 1.07 bits per heavy atom. The van der Waals surface area contributed by atoms with E-state index >= 15 is 0 Å². The Balaban J connectivity index is 1.43. The van der Waals surface area contributed by atoms with E-state index in [0.717, 1.165) is 38.2 Å². The van der Waals surface area contributed by atoms with Crippen LogP contribution in [-0.2, 0) is 24.1 Å². The average molecular weight is 365 g/mol. The summed E-state index contributed by atoms with van der Waals surface area (Å²) in [6.07, 6.45) is 4.62. The van der Waals surface area contributed by atoms with Crippen LogP contribution in [0.3, 0.4) is 0 Å². The summed E-state index contributed by atoms with van der Waals surface area (Å²) in [5.74, 6) is 0.663. The van der Waals surface area contributed by atoms with E-state index in [1.807, 2.05) is 24.3 Å². The summed E-state index contributed by atoms with van der Waals surface area (Å²) >= 11 is 0. The molecule has 27 heavy (non-hydrogen) atoms. The number of aryl methyl sites for hydroxylation is 1. The van der Waals surface area contributed by atoms with Gasteiger partial charge >= 0.3 is 5.97 Å². The number of carbonyl (C=O) groups excluding carboxylic acids is 1. The van der Waals surface area contributed by atoms with E-state index in [1.54, 1.807) is 7.11 Å². The predicted octanol–water partition coefficient (Wildman–Crippen LogP) is 3.86. The molecule has 1 aliphatic carbocycles. The summed E-state index contributed by atoms with van der Waals surface area (Å²) in [5.41, 5.74) is 5.11. The van der Waals surface area contributed by atoms with Crippen LogP contribution < -0.4 is 4.74 Å². The number of hydrogen-bond donors (Lipinski definition) is 0. The van der Waals surface area contributed by atoms with Gasteiger partial charge in [-0.3, -0.25) is 4.90 Å². The summed E-state index contributed by atoms with van der Waals surface area (Å²) in [4.78, 5) is 14.3. The molecule has 0 radical (unpaired) electrons. The molecule has 4 heteroatoms. The highest BCUT2D eigenvalue weighted by Gasteiger charge is 2.40. The molecular formula is C23H27NO3. The maximum atomic E-state index is 11.8. The molecule has 2 aliphatic rings. The van der Waals surface area contributed by atoms with Crippen LogP contribution in [0.5, 0.6) is 5.75 Å². The molecule has 1 aliphatic heterocycles. The van der Waals surface area contributed by atoms with Gasteiger partial charge in [-0.05, 0) is 78.6 Å². The van der Waals surface area contributed by atoms with E-state index in [1.165, 1.54) is 36.6 Å². The van der Waals surface area contributed by atoms with Crippen molar-refractivity contribution in [3.63, 3.8) is 0 Å². The fraction of sp³-hybridized carbons (Fsp3) is 0.435. The van der Waals surface area contributed by atoms with Gasteiger partial charge in [0.05, 0.1) is 19.8 Å². The summed E-state index contributed by atoms with van der Waals surface area (Å²) in [7, 11) is 3.14. The molecule has 0 amide bonds. The van der Waals surface area contributed by atoms with Gasteiger partial charge in [0, 0.05) is 13.1 Å². The van der Waals surface area contributed by atoms with Crippen LogP contribution in [0.1, 0.15) is 39.9 Å². The zero-order valence-electron chi connectivity index (χ0n) is 16.2. The summed E-state index contributed by atoms with van der Waals surface area (Å²) < 4.78 is 10.1. The van der Waals surface area contributed by atoms with Crippen LogP contribution in [-0.4, -0.2) is 38.2 Å². The lowest BCUT2D eigenvalue weighted by Gasteiger charge is -2.35. The minimum Gasteiger partial charge on any atom is -0.497 e. The molecule has 4 rings (SSSR count). The number of hydrogen-bond acceptors (Lipinski definition) is 4. The number of carbonyl (C=O) groups is 1. The molecule has 0 bridgehead atoms. The fourth-order valence-electron chi connectivity index (χ4n) is 4.67. The third-order valence-electron chi connectivity index (χ3n) is 6.20. The first-order valence-corrected chi connectivity index (χ1v) is 9.66. The van der Waals surface area contributed by atoms with Crippen LogP contribution >= 0.6 is 0 Å². The second-order valence-electron chi connectivity index (χ2n) is 7.96. The fourth-order valence-corrected chi connectivity index (χ4v) is 4.67. The lowest BCUT2D eigenvalue weighted by molar-refractivity contribution is 0.0600. The first-order chi connectivity index (χ1) is 13.1. The van der Waals surface area contributed by atoms with Gasteiger partial charge in [-0.1, -0.05) is 18.2 Å². The van der Waals surface area contributed by atoms with Gasteiger partial charge in [-0.15, -0.1) is 0 Å². The van der Waals surface area contributed by atoms with E-state index < -0.39 is 0 Å². The van der Waals surface area contributed by atoms with Crippen molar-refractivity contribution < 1.29 is 14.3 Å². The van der Waals surface area contributed by atoms with Crippen LogP contribution in [0, 0.1) is 5.41 Å². The van der Waals surface area contributed by atoms with Gasteiger partial charge in [0.15, 0.2) is 0 Å². The van der Waals surface area contributed by atoms with Gasteiger partial charge < -0.3 is 9.47 Å². The SMILES string of the molecule is COC(=O)c1ccc2c(c1)CCC1(CCN(Cc3ccc(OC)cc3)C1)C2. The largest absolute Gasteiger partial charge is 0.497 e. The average Bonchev–Trinajstić information content (AvgIpc) is 3.09. The van der Waals surface area contributed by atoms with E-state index in [-0.39, 0.29) is 5.97 Å². The molecule has 2 aromatic rings. The minimum absolute atomic E-state index is 0.246. The van der Waals surface area contributed by atoms with Crippen LogP contribution in [0.4, 0.5) is 0 Å². The second kappa shape index (κ2) is 7.35. The van der Waals surface area contributed by atoms with Crippen LogP contribution in [0.25, 0.3) is 0 Å². The number of fused-ring (bicyclic) bond motifs is 1. The Labute approximate surface area is 161 Å². The molecule has 1 saturated heterocycles. The van der Waals surface area contributed by atoms with Crippen LogP contribution in [0.15, 0.2) is 42.5 Å². The normalized spacial score (nSPS) is 21.9. The maximum absolute atomic E-state index is 11.8. The third-order valence-corrected chi connectivity index (χ3v) is 6.20. The number of benzene rings is 2. The van der Waals surface area contributed by atoms with E-state index in [0.29, 0.717) is 11.0 Å². The lowest BCUT2D eigenvalue weighted by atomic mass is 9.71. The topological polar surface area (TPSA) is 38.8 Å². The van der Waals surface area contributed by atoms with Crippen molar-refractivity contribution in [3.8, 4) is 5.75 Å². The number of likely N-dealkylation sites (tertiary alicyclic amines) is 1. The Kier molecular flexibility index (Phi) is 4.92. The lowest BCUT2D eigenvalue weighted by Crippen LogP contribution is -2.32. The highest BCUT2D eigenvalue weighted by atomic mass is 16.5. The zero-order valence-corrected chi connectivity index (χ0v) is 16.2. The quantitative estimate of drug-likeness (QED) is 0.771. The molecule has 0 saturated carbocycles. The molecular weight excluding hydrogens is 338 g/mol. The molecule has 2 aromatic carbocycles. The number of nitrogens with zero attached hydrogens (tertiary/aromatic N) is 1. The molecule has 0 aromatic heterocycles. The summed E-state index contributed by atoms with van der Waals surface area (Å²) in [6.45, 7) is 3.30. The van der Waals surface area contributed by atoms with E-state index in [9.17, 15) is 4.79 Å². The Bertz CT molecular complexity index is 830. The second-order valence-corrected chi connectivity index (χ2v) is 7.96. The molecule has 1 spiro atoms. The van der Waals surface area contributed by atoms with Crippen molar-refractivity contribution in [1.29, 1.82) is 0 Å². The molecule has 0 N–H and O–H groups in total. The van der Waals surface area contributed by atoms with E-state index in [2.05, 4.69) is 23.1 Å². The maximum Gasteiger partial charge on any atom is 0.337 e. The Morgan fingerprint density at radius 2 is 1.89 bits per heavy atom. The van der Waals surface area contributed by atoms with Crippen molar-refractivity contribution >= 4 is 5.97 Å². The number of esters is 1.